The van der Waals surface area contributed by atoms with Gasteiger partial charge in [0, 0.05) is 25.5 Å². The first-order valence-corrected chi connectivity index (χ1v) is 12.4. The number of guanidine groups is 1. The fourth-order valence-corrected chi connectivity index (χ4v) is 5.73. The molecular formula is C23H37IN6OS. The quantitative estimate of drug-likeness (QED) is 0.319. The van der Waals surface area contributed by atoms with Crippen molar-refractivity contribution in [1.29, 1.82) is 0 Å². The first-order valence-electron chi connectivity index (χ1n) is 11.6. The van der Waals surface area contributed by atoms with E-state index < -0.39 is 0 Å². The Kier molecular flexibility index (Phi) is 9.36. The van der Waals surface area contributed by atoms with E-state index in [2.05, 4.69) is 32.1 Å². The SMILES string of the molecule is CN=C(NCC1CCN(Cc2nc(C)c(C)o2)CC1)N(C)Cc1nc2c(s1)CCCC2.I. The highest BCUT2D eigenvalue weighted by atomic mass is 127. The van der Waals surface area contributed by atoms with Crippen LogP contribution in [0.3, 0.4) is 0 Å². The van der Waals surface area contributed by atoms with Gasteiger partial charge >= 0.3 is 0 Å². The molecule has 0 unspecified atom stereocenters. The number of aromatic nitrogens is 2. The van der Waals surface area contributed by atoms with Crippen molar-refractivity contribution in [2.45, 2.75) is 65.5 Å². The second kappa shape index (κ2) is 11.8. The van der Waals surface area contributed by atoms with E-state index in [1.54, 1.807) is 0 Å². The van der Waals surface area contributed by atoms with E-state index in [0.717, 1.165) is 62.4 Å². The minimum atomic E-state index is 0. The van der Waals surface area contributed by atoms with Crippen LogP contribution in [0.2, 0.25) is 0 Å². The van der Waals surface area contributed by atoms with Crippen LogP contribution < -0.4 is 5.32 Å². The molecule has 9 heteroatoms. The van der Waals surface area contributed by atoms with E-state index in [1.165, 1.54) is 47.7 Å². The fraction of sp³-hybridized carbons (Fsp3) is 0.696. The summed E-state index contributed by atoms with van der Waals surface area (Å²) < 4.78 is 5.75. The maximum atomic E-state index is 5.75. The van der Waals surface area contributed by atoms with Crippen molar-refractivity contribution in [2.75, 3.05) is 33.7 Å². The molecule has 32 heavy (non-hydrogen) atoms. The molecular weight excluding hydrogens is 535 g/mol. The number of nitrogens with zero attached hydrogens (tertiary/aromatic N) is 5. The fourth-order valence-electron chi connectivity index (χ4n) is 4.52. The smallest absolute Gasteiger partial charge is 0.208 e. The molecule has 1 fully saturated rings. The molecule has 7 nitrogen and oxygen atoms in total. The van der Waals surface area contributed by atoms with Crippen molar-refractivity contribution in [3.8, 4) is 0 Å². The highest BCUT2D eigenvalue weighted by Crippen LogP contribution is 2.27. The van der Waals surface area contributed by atoms with Crippen LogP contribution in [0.4, 0.5) is 0 Å². The zero-order chi connectivity index (χ0) is 21.8. The lowest BCUT2D eigenvalue weighted by molar-refractivity contribution is 0.163. The number of hydrogen-bond acceptors (Lipinski definition) is 6. The predicted molar refractivity (Wildman–Crippen MR) is 141 cm³/mol. The summed E-state index contributed by atoms with van der Waals surface area (Å²) in [4.78, 5) is 20.1. The van der Waals surface area contributed by atoms with E-state index in [0.29, 0.717) is 5.92 Å². The van der Waals surface area contributed by atoms with E-state index in [9.17, 15) is 0 Å². The van der Waals surface area contributed by atoms with Crippen LogP contribution in [-0.2, 0) is 25.9 Å². The molecule has 0 bridgehead atoms. The van der Waals surface area contributed by atoms with Crippen LogP contribution in [0.5, 0.6) is 0 Å². The Bertz CT molecular complexity index is 859. The van der Waals surface area contributed by atoms with Gasteiger partial charge in [0.15, 0.2) is 5.96 Å². The van der Waals surface area contributed by atoms with Crippen molar-refractivity contribution >= 4 is 41.3 Å². The third kappa shape index (κ3) is 6.44. The molecule has 0 aromatic carbocycles. The van der Waals surface area contributed by atoms with Crippen molar-refractivity contribution in [3.63, 3.8) is 0 Å². The number of fused-ring (bicyclic) bond motifs is 1. The number of nitrogens with one attached hydrogen (secondary N) is 1. The van der Waals surface area contributed by atoms with Gasteiger partial charge in [0.05, 0.1) is 24.5 Å². The number of piperidine rings is 1. The molecule has 0 spiro atoms. The van der Waals surface area contributed by atoms with Crippen molar-refractivity contribution in [1.82, 2.24) is 25.1 Å². The number of aryl methyl sites for hydroxylation is 4. The summed E-state index contributed by atoms with van der Waals surface area (Å²) >= 11 is 1.89. The molecule has 1 N–H and O–H groups in total. The summed E-state index contributed by atoms with van der Waals surface area (Å²) in [6, 6.07) is 0. The first kappa shape index (κ1) is 25.4. The van der Waals surface area contributed by atoms with Gasteiger partial charge in [-0.2, -0.15) is 0 Å². The van der Waals surface area contributed by atoms with Gasteiger partial charge < -0.3 is 14.6 Å². The predicted octanol–water partition coefficient (Wildman–Crippen LogP) is 4.16. The van der Waals surface area contributed by atoms with Crippen LogP contribution in [0.1, 0.15) is 58.6 Å². The number of thiazole rings is 1. The molecule has 0 saturated carbocycles. The molecule has 0 atom stereocenters. The van der Waals surface area contributed by atoms with Gasteiger partial charge in [0.1, 0.15) is 10.8 Å². The third-order valence-electron chi connectivity index (χ3n) is 6.52. The Morgan fingerprint density at radius 1 is 1.22 bits per heavy atom. The van der Waals surface area contributed by atoms with Crippen LogP contribution in [0.25, 0.3) is 0 Å². The topological polar surface area (TPSA) is 69.8 Å². The normalized spacial score (nSPS) is 17.7. The maximum absolute atomic E-state index is 5.75. The lowest BCUT2D eigenvalue weighted by atomic mass is 9.97. The molecule has 2 aromatic heterocycles. The largest absolute Gasteiger partial charge is 0.444 e. The molecule has 3 heterocycles. The van der Waals surface area contributed by atoms with Gasteiger partial charge in [-0.25, -0.2) is 9.97 Å². The number of rotatable bonds is 6. The Labute approximate surface area is 213 Å². The molecule has 1 aliphatic carbocycles. The zero-order valence-corrected chi connectivity index (χ0v) is 23.0. The van der Waals surface area contributed by atoms with Crippen LogP contribution >= 0.6 is 35.3 Å². The molecule has 4 rings (SSSR count). The lowest BCUT2D eigenvalue weighted by Gasteiger charge is -2.32. The lowest BCUT2D eigenvalue weighted by Crippen LogP contribution is -2.43. The highest BCUT2D eigenvalue weighted by Gasteiger charge is 2.22. The summed E-state index contributed by atoms with van der Waals surface area (Å²) in [5.74, 6) is 3.41. The van der Waals surface area contributed by atoms with Gasteiger partial charge in [0.25, 0.3) is 0 Å². The molecule has 178 valence electrons. The second-order valence-electron chi connectivity index (χ2n) is 8.94. The summed E-state index contributed by atoms with van der Waals surface area (Å²) in [6.45, 7) is 8.78. The van der Waals surface area contributed by atoms with E-state index in [4.69, 9.17) is 9.40 Å². The highest BCUT2D eigenvalue weighted by molar-refractivity contribution is 14.0. The average Bonchev–Trinajstić information content (AvgIpc) is 3.31. The van der Waals surface area contributed by atoms with E-state index in [-0.39, 0.29) is 24.0 Å². The van der Waals surface area contributed by atoms with Gasteiger partial charge in [-0.1, -0.05) is 0 Å². The Morgan fingerprint density at radius 3 is 2.62 bits per heavy atom. The molecule has 1 saturated heterocycles. The second-order valence-corrected chi connectivity index (χ2v) is 10.1. The summed E-state index contributed by atoms with van der Waals surface area (Å²) in [6.07, 6.45) is 7.32. The number of hydrogen-bond donors (Lipinski definition) is 1. The summed E-state index contributed by atoms with van der Waals surface area (Å²) in [5, 5.41) is 4.81. The van der Waals surface area contributed by atoms with Crippen molar-refractivity contribution in [2.24, 2.45) is 10.9 Å². The average molecular weight is 573 g/mol. The van der Waals surface area contributed by atoms with E-state index >= 15 is 0 Å². The summed E-state index contributed by atoms with van der Waals surface area (Å²) in [5.41, 5.74) is 2.34. The Morgan fingerprint density at radius 2 is 1.97 bits per heavy atom. The summed E-state index contributed by atoms with van der Waals surface area (Å²) in [7, 11) is 3.98. The first-order chi connectivity index (χ1) is 15.0. The molecule has 0 amide bonds. The monoisotopic (exact) mass is 572 g/mol. The standard InChI is InChI=1S/C23H36N6OS.HI/c1-16-17(2)30-21(26-16)14-29-11-9-18(10-12-29)13-25-23(24-3)28(4)15-22-27-19-7-5-6-8-20(19)31-22;/h18H,5-15H2,1-4H3,(H,24,25);1H. The van der Waals surface area contributed by atoms with Crippen molar-refractivity contribution in [3.05, 3.63) is 32.9 Å². The van der Waals surface area contributed by atoms with Gasteiger partial charge in [0.2, 0.25) is 5.89 Å². The van der Waals surface area contributed by atoms with Crippen LogP contribution in [0, 0.1) is 19.8 Å². The van der Waals surface area contributed by atoms with Crippen LogP contribution in [-0.4, -0.2) is 59.5 Å². The molecule has 2 aliphatic rings. The maximum Gasteiger partial charge on any atom is 0.208 e. The number of halogens is 1. The third-order valence-corrected chi connectivity index (χ3v) is 7.67. The molecule has 1 aliphatic heterocycles. The van der Waals surface area contributed by atoms with Gasteiger partial charge in [-0.3, -0.25) is 9.89 Å². The minimum absolute atomic E-state index is 0. The zero-order valence-electron chi connectivity index (χ0n) is 19.8. The minimum Gasteiger partial charge on any atom is -0.444 e. The van der Waals surface area contributed by atoms with Crippen molar-refractivity contribution < 1.29 is 4.42 Å². The van der Waals surface area contributed by atoms with Gasteiger partial charge in [-0.05, 0) is 71.4 Å². The molecule has 0 radical (unpaired) electrons. The van der Waals surface area contributed by atoms with E-state index in [1.807, 2.05) is 32.2 Å². The Balaban J connectivity index is 0.00000289. The Hall–Kier alpha value is -1.20. The molecule has 2 aromatic rings. The number of aliphatic imine (C=N–C) groups is 1. The van der Waals surface area contributed by atoms with Gasteiger partial charge in [-0.15, -0.1) is 35.3 Å². The van der Waals surface area contributed by atoms with Crippen LogP contribution in [0.15, 0.2) is 9.41 Å². The number of likely N-dealkylation sites (tertiary alicyclic amines) is 1. The number of oxazole rings is 1.